The van der Waals surface area contributed by atoms with Crippen LogP contribution in [0.2, 0.25) is 5.02 Å². The van der Waals surface area contributed by atoms with Crippen molar-refractivity contribution >= 4 is 46.1 Å². The van der Waals surface area contributed by atoms with Crippen LogP contribution in [0, 0.1) is 0 Å². The molecule has 0 saturated heterocycles. The van der Waals surface area contributed by atoms with Gasteiger partial charge in [0.1, 0.15) is 17.3 Å². The molecule has 4 rings (SSSR count). The number of nitrogens with zero attached hydrogens (tertiary/aromatic N) is 3. The van der Waals surface area contributed by atoms with Crippen molar-refractivity contribution in [2.24, 2.45) is 0 Å². The van der Waals surface area contributed by atoms with Crippen LogP contribution >= 0.6 is 23.2 Å². The molecule has 0 aliphatic carbocycles. The van der Waals surface area contributed by atoms with Crippen LogP contribution in [0.4, 0.5) is 5.82 Å². The van der Waals surface area contributed by atoms with Gasteiger partial charge >= 0.3 is 0 Å². The maximum absolute atomic E-state index is 6.49. The molecule has 2 N–H and O–H groups in total. The number of hydrogen-bond acceptors (Lipinski definition) is 5. The van der Waals surface area contributed by atoms with Crippen LogP contribution in [-0.4, -0.2) is 21.0 Å². The van der Waals surface area contributed by atoms with E-state index < -0.39 is 0 Å². The second-order valence-electron chi connectivity index (χ2n) is 5.81. The van der Waals surface area contributed by atoms with Crippen molar-refractivity contribution in [2.75, 3.05) is 5.32 Å². The first-order chi connectivity index (χ1) is 12.1. The molecule has 0 amide bonds. The van der Waals surface area contributed by atoms with Crippen LogP contribution < -0.4 is 10.6 Å². The van der Waals surface area contributed by atoms with E-state index in [4.69, 9.17) is 23.2 Å². The zero-order chi connectivity index (χ0) is 17.4. The van der Waals surface area contributed by atoms with Crippen LogP contribution in [0.1, 0.15) is 23.6 Å². The number of nitrogens with one attached hydrogen (secondary N) is 2. The number of hydrogen-bond donors (Lipinski definition) is 2. The lowest BCUT2D eigenvalue weighted by Crippen LogP contribution is -2.32. The summed E-state index contributed by atoms with van der Waals surface area (Å²) in [7, 11) is 0. The van der Waals surface area contributed by atoms with E-state index in [0.29, 0.717) is 10.8 Å². The number of halogens is 2. The minimum Gasteiger partial charge on any atom is -0.367 e. The Bertz CT molecular complexity index is 967. The number of rotatable bonds is 3. The van der Waals surface area contributed by atoms with E-state index in [1.54, 1.807) is 6.20 Å². The molecule has 5 nitrogen and oxygen atoms in total. The summed E-state index contributed by atoms with van der Waals surface area (Å²) in [5.74, 6) is 0.684. The zero-order valence-corrected chi connectivity index (χ0v) is 14.9. The predicted molar refractivity (Wildman–Crippen MR) is 102 cm³/mol. The molecule has 0 spiro atoms. The fourth-order valence-electron chi connectivity index (χ4n) is 2.91. The van der Waals surface area contributed by atoms with E-state index >= 15 is 0 Å². The molecule has 0 bridgehead atoms. The van der Waals surface area contributed by atoms with Gasteiger partial charge < -0.3 is 10.6 Å². The number of benzene rings is 1. The number of fused-ring (bicyclic) bond motifs is 2. The van der Waals surface area contributed by atoms with E-state index in [1.807, 2.05) is 37.3 Å². The lowest BCUT2D eigenvalue weighted by atomic mass is 10.0. The maximum Gasteiger partial charge on any atom is 0.156 e. The fraction of sp³-hybridized carbons (Fsp3) is 0.167. The van der Waals surface area contributed by atoms with Crippen molar-refractivity contribution in [3.63, 3.8) is 0 Å². The third-order valence-corrected chi connectivity index (χ3v) is 4.82. The van der Waals surface area contributed by atoms with Crippen molar-refractivity contribution in [1.29, 1.82) is 0 Å². The van der Waals surface area contributed by atoms with Gasteiger partial charge in [0.05, 0.1) is 11.6 Å². The molecular formula is C18H15Cl2N5. The molecule has 2 atom stereocenters. The number of aromatic nitrogens is 3. The molecule has 1 aromatic carbocycles. The van der Waals surface area contributed by atoms with Crippen molar-refractivity contribution in [2.45, 2.75) is 18.5 Å². The average molecular weight is 372 g/mol. The first-order valence-corrected chi connectivity index (χ1v) is 8.68. The van der Waals surface area contributed by atoms with Gasteiger partial charge in [-0.25, -0.2) is 9.97 Å². The van der Waals surface area contributed by atoms with Gasteiger partial charge in [0.15, 0.2) is 5.82 Å². The van der Waals surface area contributed by atoms with Crippen LogP contribution in [0.25, 0.3) is 17.1 Å². The summed E-state index contributed by atoms with van der Waals surface area (Å²) in [6, 6.07) is 9.48. The van der Waals surface area contributed by atoms with Gasteiger partial charge in [-0.05, 0) is 36.8 Å². The summed E-state index contributed by atoms with van der Waals surface area (Å²) < 4.78 is 0. The molecule has 0 fully saturated rings. The second kappa shape index (κ2) is 6.50. The van der Waals surface area contributed by atoms with Crippen molar-refractivity contribution in [1.82, 2.24) is 20.3 Å². The van der Waals surface area contributed by atoms with Crippen molar-refractivity contribution < 1.29 is 0 Å². The van der Waals surface area contributed by atoms with E-state index in [0.717, 1.165) is 27.9 Å². The van der Waals surface area contributed by atoms with Gasteiger partial charge in [-0.1, -0.05) is 35.3 Å². The molecule has 25 heavy (non-hydrogen) atoms. The zero-order valence-electron chi connectivity index (χ0n) is 13.4. The highest BCUT2D eigenvalue weighted by molar-refractivity contribution is 6.33. The van der Waals surface area contributed by atoms with Crippen LogP contribution in [-0.2, 0) is 0 Å². The van der Waals surface area contributed by atoms with Crippen molar-refractivity contribution in [3.05, 3.63) is 64.7 Å². The Labute approximate surface area is 155 Å². The summed E-state index contributed by atoms with van der Waals surface area (Å²) in [5.41, 5.74) is 4.02. The van der Waals surface area contributed by atoms with E-state index in [9.17, 15) is 0 Å². The monoisotopic (exact) mass is 371 g/mol. The molecule has 126 valence electrons. The predicted octanol–water partition coefficient (Wildman–Crippen LogP) is 4.36. The molecule has 2 aromatic heterocycles. The first kappa shape index (κ1) is 16.1. The summed E-state index contributed by atoms with van der Waals surface area (Å²) in [6.45, 7) is 2.04. The maximum atomic E-state index is 6.49. The van der Waals surface area contributed by atoms with Gasteiger partial charge in [0, 0.05) is 22.5 Å². The lowest BCUT2D eigenvalue weighted by Gasteiger charge is -2.28. The Kier molecular flexibility index (Phi) is 4.19. The Morgan fingerprint density at radius 1 is 1.16 bits per heavy atom. The highest BCUT2D eigenvalue weighted by Crippen LogP contribution is 2.35. The minimum absolute atomic E-state index is 0.0477. The highest BCUT2D eigenvalue weighted by Gasteiger charge is 2.24. The van der Waals surface area contributed by atoms with Crippen molar-refractivity contribution in [3.8, 4) is 0 Å². The normalized spacial score (nSPS) is 17.4. The standard InChI is InChI=1S/C18H15Cl2N5/c1-10(24-18-16-13(22-9-23-18)6-3-7-21-16)14-8-11-4-2-5-12(19)15(11)17(20)25-14/h2-10,17,25H,1H3,(H,22,23,24)/t10-,17?/m0/s1. The number of anilines is 1. The second-order valence-corrected chi connectivity index (χ2v) is 6.65. The molecule has 7 heteroatoms. The molecule has 1 aliphatic heterocycles. The Hall–Kier alpha value is -2.37. The third-order valence-electron chi connectivity index (χ3n) is 4.16. The summed E-state index contributed by atoms with van der Waals surface area (Å²) in [4.78, 5) is 12.9. The summed E-state index contributed by atoms with van der Waals surface area (Å²) >= 11 is 12.8. The molecule has 0 radical (unpaired) electrons. The topological polar surface area (TPSA) is 62.7 Å². The average Bonchev–Trinajstić information content (AvgIpc) is 2.62. The summed E-state index contributed by atoms with van der Waals surface area (Å²) in [6.07, 6.45) is 5.31. The Morgan fingerprint density at radius 3 is 2.92 bits per heavy atom. The first-order valence-electron chi connectivity index (χ1n) is 7.86. The number of alkyl halides is 1. The molecule has 1 unspecified atom stereocenters. The van der Waals surface area contributed by atoms with E-state index in [1.165, 1.54) is 6.33 Å². The minimum atomic E-state index is -0.381. The van der Waals surface area contributed by atoms with Crippen LogP contribution in [0.3, 0.4) is 0 Å². The molecule has 0 saturated carbocycles. The van der Waals surface area contributed by atoms with E-state index in [2.05, 4.69) is 31.7 Å². The summed E-state index contributed by atoms with van der Waals surface area (Å²) in [5, 5.41) is 7.34. The molecular weight excluding hydrogens is 357 g/mol. The van der Waals surface area contributed by atoms with E-state index in [-0.39, 0.29) is 11.5 Å². The van der Waals surface area contributed by atoms with Gasteiger partial charge in [-0.3, -0.25) is 4.98 Å². The van der Waals surface area contributed by atoms with Gasteiger partial charge in [-0.2, -0.15) is 0 Å². The Balaban J connectivity index is 1.66. The Morgan fingerprint density at radius 2 is 2.04 bits per heavy atom. The lowest BCUT2D eigenvalue weighted by molar-refractivity contribution is 0.704. The van der Waals surface area contributed by atoms with Gasteiger partial charge in [0.2, 0.25) is 0 Å². The smallest absolute Gasteiger partial charge is 0.156 e. The third kappa shape index (κ3) is 3.01. The largest absolute Gasteiger partial charge is 0.367 e. The molecule has 3 heterocycles. The molecule has 3 aromatic rings. The van der Waals surface area contributed by atoms with Crippen LogP contribution in [0.15, 0.2) is 48.6 Å². The quantitative estimate of drug-likeness (QED) is 0.528. The van der Waals surface area contributed by atoms with Gasteiger partial charge in [-0.15, -0.1) is 0 Å². The van der Waals surface area contributed by atoms with Gasteiger partial charge in [0.25, 0.3) is 0 Å². The fourth-order valence-corrected chi connectivity index (χ4v) is 3.62. The number of pyridine rings is 1. The highest BCUT2D eigenvalue weighted by atomic mass is 35.5. The molecule has 1 aliphatic rings. The van der Waals surface area contributed by atoms with Crippen LogP contribution in [0.5, 0.6) is 0 Å². The SMILES string of the molecule is C[C@H](Nc1ncnc2cccnc12)C1=Cc2cccc(Cl)c2C(Cl)N1.